The van der Waals surface area contributed by atoms with Crippen molar-refractivity contribution < 1.29 is 14.3 Å². The molecule has 0 aliphatic heterocycles. The Labute approximate surface area is 210 Å². The minimum atomic E-state index is -0.442. The van der Waals surface area contributed by atoms with Crippen molar-refractivity contribution in [2.24, 2.45) is 4.99 Å². The van der Waals surface area contributed by atoms with E-state index in [2.05, 4.69) is 24.3 Å². The average Bonchev–Trinajstić information content (AvgIpc) is 2.95. The zero-order valence-electron chi connectivity index (χ0n) is 19.9. The Morgan fingerprint density at radius 3 is 1.92 bits per heavy atom. The number of fused-ring (bicyclic) bond motifs is 1. The van der Waals surface area contributed by atoms with Crippen LogP contribution in [-0.2, 0) is 11.3 Å². The molecule has 5 aromatic rings. The molecule has 0 aliphatic carbocycles. The summed E-state index contributed by atoms with van der Waals surface area (Å²) in [5, 5.41) is 1.83. The quantitative estimate of drug-likeness (QED) is 0.184. The Bertz CT molecular complexity index is 1470. The molecule has 5 rings (SSSR count). The molecule has 0 unspecified atom stereocenters. The van der Waals surface area contributed by atoms with Crippen LogP contribution in [0.1, 0.15) is 27.0 Å². The topological polar surface area (TPSA) is 47.9 Å². The molecule has 0 bridgehead atoms. The third-order valence-corrected chi connectivity index (χ3v) is 5.90. The lowest BCUT2D eigenvalue weighted by atomic mass is 10.0. The zero-order valence-corrected chi connectivity index (χ0v) is 19.9. The summed E-state index contributed by atoms with van der Waals surface area (Å²) in [5.41, 5.74) is 5.14. The molecule has 0 fully saturated rings. The van der Waals surface area contributed by atoms with Crippen molar-refractivity contribution in [1.29, 1.82) is 0 Å². The third kappa shape index (κ3) is 5.18. The van der Waals surface area contributed by atoms with Crippen LogP contribution >= 0.6 is 0 Å². The molecule has 5 aromatic carbocycles. The van der Waals surface area contributed by atoms with Gasteiger partial charge in [-0.05, 0) is 40.6 Å². The molecule has 4 heteroatoms. The SMILES string of the molecule is COC(=O)c1cc2cc(N=C(c3ccccc3)c3ccccc3)ccc2cc1OCc1ccccc1. The van der Waals surface area contributed by atoms with Crippen molar-refractivity contribution in [2.45, 2.75) is 6.61 Å². The summed E-state index contributed by atoms with van der Waals surface area (Å²) in [6, 6.07) is 39.7. The first-order valence-corrected chi connectivity index (χ1v) is 11.7. The molecule has 0 radical (unpaired) electrons. The fourth-order valence-electron chi connectivity index (χ4n) is 4.07. The van der Waals surface area contributed by atoms with Crippen molar-refractivity contribution in [3.8, 4) is 5.75 Å². The number of carbonyl (C=O) groups is 1. The maximum absolute atomic E-state index is 12.6. The van der Waals surface area contributed by atoms with Gasteiger partial charge in [-0.2, -0.15) is 0 Å². The highest BCUT2D eigenvalue weighted by molar-refractivity contribution is 6.14. The van der Waals surface area contributed by atoms with Gasteiger partial charge in [-0.1, -0.05) is 97.1 Å². The molecule has 0 saturated carbocycles. The van der Waals surface area contributed by atoms with Crippen LogP contribution in [0, 0.1) is 0 Å². The van der Waals surface area contributed by atoms with Crippen LogP contribution in [0.25, 0.3) is 10.8 Å². The fraction of sp³-hybridized carbons (Fsp3) is 0.0625. The molecule has 0 saturated heterocycles. The average molecular weight is 472 g/mol. The van der Waals surface area contributed by atoms with Gasteiger partial charge in [-0.3, -0.25) is 0 Å². The second-order valence-corrected chi connectivity index (χ2v) is 8.34. The summed E-state index contributed by atoms with van der Waals surface area (Å²) in [5.74, 6) is 0.0480. The molecule has 176 valence electrons. The Morgan fingerprint density at radius 1 is 0.694 bits per heavy atom. The van der Waals surface area contributed by atoms with E-state index in [1.165, 1.54) is 7.11 Å². The van der Waals surface area contributed by atoms with Crippen molar-refractivity contribution in [2.75, 3.05) is 7.11 Å². The van der Waals surface area contributed by atoms with Gasteiger partial charge >= 0.3 is 5.97 Å². The number of carbonyl (C=O) groups excluding carboxylic acids is 1. The number of hydrogen-bond acceptors (Lipinski definition) is 4. The third-order valence-electron chi connectivity index (χ3n) is 5.90. The lowest BCUT2D eigenvalue weighted by molar-refractivity contribution is 0.0595. The van der Waals surface area contributed by atoms with Crippen molar-refractivity contribution >= 4 is 28.1 Å². The van der Waals surface area contributed by atoms with Gasteiger partial charge in [-0.25, -0.2) is 9.79 Å². The van der Waals surface area contributed by atoms with E-state index in [1.54, 1.807) is 0 Å². The van der Waals surface area contributed by atoms with E-state index in [-0.39, 0.29) is 0 Å². The zero-order chi connectivity index (χ0) is 24.7. The highest BCUT2D eigenvalue weighted by Crippen LogP contribution is 2.31. The minimum Gasteiger partial charge on any atom is -0.488 e. The van der Waals surface area contributed by atoms with Crippen LogP contribution < -0.4 is 4.74 Å². The van der Waals surface area contributed by atoms with Crippen LogP contribution in [0.15, 0.2) is 126 Å². The standard InChI is InChI=1S/C32H25NO3/c1-35-32(34)29-20-27-19-28(18-17-26(27)21-30(29)36-22-23-11-5-2-6-12-23)33-31(24-13-7-3-8-14-24)25-15-9-4-10-16-25/h2-21H,22H2,1H3. The van der Waals surface area contributed by atoms with Gasteiger partial charge in [0, 0.05) is 11.1 Å². The van der Waals surface area contributed by atoms with Crippen LogP contribution in [0.2, 0.25) is 0 Å². The number of nitrogens with zero attached hydrogens (tertiary/aromatic N) is 1. The Balaban J connectivity index is 1.55. The Kier molecular flexibility index (Phi) is 6.86. The molecule has 36 heavy (non-hydrogen) atoms. The van der Waals surface area contributed by atoms with E-state index in [0.29, 0.717) is 17.9 Å². The molecule has 0 N–H and O–H groups in total. The molecule has 4 nitrogen and oxygen atoms in total. The highest BCUT2D eigenvalue weighted by atomic mass is 16.5. The fourth-order valence-corrected chi connectivity index (χ4v) is 4.07. The van der Waals surface area contributed by atoms with Gasteiger partial charge < -0.3 is 9.47 Å². The number of methoxy groups -OCH3 is 1. The Hall–Kier alpha value is -4.70. The lowest BCUT2D eigenvalue weighted by Crippen LogP contribution is -2.06. The summed E-state index contributed by atoms with van der Waals surface area (Å²) in [4.78, 5) is 17.6. The molecule has 0 atom stereocenters. The molecular formula is C32H25NO3. The first-order chi connectivity index (χ1) is 17.7. The Morgan fingerprint density at radius 2 is 1.31 bits per heavy atom. The predicted molar refractivity (Wildman–Crippen MR) is 144 cm³/mol. The summed E-state index contributed by atoms with van der Waals surface area (Å²) >= 11 is 0. The molecule has 0 spiro atoms. The number of esters is 1. The first-order valence-electron chi connectivity index (χ1n) is 11.7. The van der Waals surface area contributed by atoms with E-state index < -0.39 is 5.97 Å². The van der Waals surface area contributed by atoms with E-state index in [0.717, 1.165) is 38.9 Å². The summed E-state index contributed by atoms with van der Waals surface area (Å²) in [7, 11) is 1.38. The number of ether oxygens (including phenoxy) is 2. The van der Waals surface area contributed by atoms with Gasteiger partial charge in [0.2, 0.25) is 0 Å². The van der Waals surface area contributed by atoms with Crippen LogP contribution in [0.5, 0.6) is 5.75 Å². The highest BCUT2D eigenvalue weighted by Gasteiger charge is 2.16. The molecule has 0 amide bonds. The van der Waals surface area contributed by atoms with Gasteiger partial charge in [0.1, 0.15) is 17.9 Å². The summed E-state index contributed by atoms with van der Waals surface area (Å²) < 4.78 is 11.1. The molecular weight excluding hydrogens is 446 g/mol. The monoisotopic (exact) mass is 471 g/mol. The maximum atomic E-state index is 12.6. The smallest absolute Gasteiger partial charge is 0.341 e. The van der Waals surface area contributed by atoms with Gasteiger partial charge in [-0.15, -0.1) is 0 Å². The normalized spacial score (nSPS) is 10.6. The van der Waals surface area contributed by atoms with Crippen molar-refractivity contribution in [3.05, 3.63) is 144 Å². The number of rotatable bonds is 7. The summed E-state index contributed by atoms with van der Waals surface area (Å²) in [6.07, 6.45) is 0. The predicted octanol–water partition coefficient (Wildman–Crippen LogP) is 7.37. The number of benzene rings is 5. The van der Waals surface area contributed by atoms with Gasteiger partial charge in [0.05, 0.1) is 18.5 Å². The number of aliphatic imine (C=N–C) groups is 1. The second kappa shape index (κ2) is 10.7. The molecule has 0 heterocycles. The van der Waals surface area contributed by atoms with Crippen LogP contribution in [-0.4, -0.2) is 18.8 Å². The largest absolute Gasteiger partial charge is 0.488 e. The van der Waals surface area contributed by atoms with Crippen LogP contribution in [0.4, 0.5) is 5.69 Å². The molecule has 0 aliphatic rings. The minimum absolute atomic E-state index is 0.357. The number of hydrogen-bond donors (Lipinski definition) is 0. The lowest BCUT2D eigenvalue weighted by Gasteiger charge is -2.13. The molecule has 0 aromatic heterocycles. The van der Waals surface area contributed by atoms with E-state index in [9.17, 15) is 4.79 Å². The van der Waals surface area contributed by atoms with Crippen molar-refractivity contribution in [1.82, 2.24) is 0 Å². The van der Waals surface area contributed by atoms with Crippen LogP contribution in [0.3, 0.4) is 0 Å². The van der Waals surface area contributed by atoms with E-state index in [1.807, 2.05) is 97.1 Å². The first kappa shape index (κ1) is 23.1. The second-order valence-electron chi connectivity index (χ2n) is 8.34. The maximum Gasteiger partial charge on any atom is 0.341 e. The van der Waals surface area contributed by atoms with E-state index in [4.69, 9.17) is 14.5 Å². The summed E-state index contributed by atoms with van der Waals surface area (Å²) in [6.45, 7) is 0.357. The van der Waals surface area contributed by atoms with Crippen molar-refractivity contribution in [3.63, 3.8) is 0 Å². The van der Waals surface area contributed by atoms with E-state index >= 15 is 0 Å². The van der Waals surface area contributed by atoms with Gasteiger partial charge in [0.15, 0.2) is 0 Å². The van der Waals surface area contributed by atoms with Gasteiger partial charge in [0.25, 0.3) is 0 Å².